The zero-order valence-electron chi connectivity index (χ0n) is 15.3. The van der Waals surface area contributed by atoms with Crippen LogP contribution in [0.5, 0.6) is 0 Å². The smallest absolute Gasteiger partial charge is 0.0720 e. The van der Waals surface area contributed by atoms with Gasteiger partial charge in [0.1, 0.15) is 0 Å². The maximum atomic E-state index is 9.78. The van der Waals surface area contributed by atoms with Crippen molar-refractivity contribution in [1.29, 1.82) is 0 Å². The van der Waals surface area contributed by atoms with Gasteiger partial charge < -0.3 is 10.2 Å². The van der Waals surface area contributed by atoms with Crippen molar-refractivity contribution in [2.45, 2.75) is 96.5 Å². The number of aliphatic hydroxyl groups is 2. The van der Waals surface area contributed by atoms with Crippen molar-refractivity contribution in [2.24, 2.45) is 0 Å². The fourth-order valence-electron chi connectivity index (χ4n) is 2.30. The quantitative estimate of drug-likeness (QED) is 0.329. The summed E-state index contributed by atoms with van der Waals surface area (Å²) in [4.78, 5) is 0. The maximum Gasteiger partial charge on any atom is 0.0720 e. The van der Waals surface area contributed by atoms with Gasteiger partial charge in [0.15, 0.2) is 0 Å². The molecule has 2 nitrogen and oxygen atoms in total. The van der Waals surface area contributed by atoms with Crippen LogP contribution in [0.4, 0.5) is 0 Å². The van der Waals surface area contributed by atoms with Crippen LogP contribution in [0, 0.1) is 0 Å². The minimum Gasteiger partial charge on any atom is -0.396 e. The summed E-state index contributed by atoms with van der Waals surface area (Å²) in [5.41, 5.74) is 0. The third kappa shape index (κ3) is 15.7. The third-order valence-electron chi connectivity index (χ3n) is 3.62. The molecular formula is C18H36O2. The number of allylic oxidation sites excluding steroid dienone is 1. The Morgan fingerprint density at radius 2 is 1.50 bits per heavy atom. The predicted molar refractivity (Wildman–Crippen MR) is 87.9 cm³/mol. The molecule has 0 aliphatic heterocycles. The first-order valence-electron chi connectivity index (χ1n) is 9.53. The van der Waals surface area contributed by atoms with Gasteiger partial charge in [0, 0.05) is 6.56 Å². The van der Waals surface area contributed by atoms with Crippen LogP contribution < -0.4 is 0 Å². The van der Waals surface area contributed by atoms with E-state index in [4.69, 9.17) is 7.85 Å². The van der Waals surface area contributed by atoms with Crippen molar-refractivity contribution < 1.29 is 13.0 Å². The SMILES string of the molecule is [2H]C([2H])(O)CCCCCCCC/C=C/C(O)CCCCCC. The normalized spacial score (nSPS) is 15.3. The monoisotopic (exact) mass is 286 g/mol. The largest absolute Gasteiger partial charge is 0.396 e. The summed E-state index contributed by atoms with van der Waals surface area (Å²) >= 11 is 0. The molecule has 0 fully saturated rings. The molecule has 0 saturated carbocycles. The van der Waals surface area contributed by atoms with Gasteiger partial charge in [-0.15, -0.1) is 0 Å². The molecule has 120 valence electrons. The van der Waals surface area contributed by atoms with Gasteiger partial charge in [-0.05, 0) is 25.7 Å². The van der Waals surface area contributed by atoms with Gasteiger partial charge >= 0.3 is 0 Å². The van der Waals surface area contributed by atoms with Gasteiger partial charge in [-0.1, -0.05) is 76.9 Å². The molecule has 0 radical (unpaired) electrons. The van der Waals surface area contributed by atoms with Crippen LogP contribution in [0.15, 0.2) is 12.2 Å². The molecule has 1 unspecified atom stereocenters. The van der Waals surface area contributed by atoms with E-state index in [1.807, 2.05) is 6.08 Å². The highest BCUT2D eigenvalue weighted by molar-refractivity contribution is 4.88. The molecule has 0 aromatic rings. The first-order chi connectivity index (χ1) is 10.5. The fraction of sp³-hybridized carbons (Fsp3) is 0.889. The summed E-state index contributed by atoms with van der Waals surface area (Å²) in [6.07, 6.45) is 17.1. The highest BCUT2D eigenvalue weighted by Gasteiger charge is 1.98. The van der Waals surface area contributed by atoms with Crippen LogP contribution in [0.3, 0.4) is 0 Å². The molecule has 0 spiro atoms. The summed E-state index contributed by atoms with van der Waals surface area (Å²) in [5.74, 6) is 0. The zero-order chi connectivity index (χ0) is 16.7. The van der Waals surface area contributed by atoms with Crippen LogP contribution in [0.1, 0.15) is 93.1 Å². The Morgan fingerprint density at radius 3 is 2.15 bits per heavy atom. The van der Waals surface area contributed by atoms with E-state index in [9.17, 15) is 5.11 Å². The summed E-state index contributed by atoms with van der Waals surface area (Å²) in [6.45, 7) is 0.198. The lowest BCUT2D eigenvalue weighted by atomic mass is 10.1. The molecule has 1 atom stereocenters. The second-order valence-corrected chi connectivity index (χ2v) is 5.66. The highest BCUT2D eigenvalue weighted by Crippen LogP contribution is 2.10. The first kappa shape index (κ1) is 16.0. The number of hydrogen-bond donors (Lipinski definition) is 2. The van der Waals surface area contributed by atoms with Crippen molar-refractivity contribution in [2.75, 3.05) is 6.56 Å². The topological polar surface area (TPSA) is 40.5 Å². The first-order valence-corrected chi connectivity index (χ1v) is 8.53. The van der Waals surface area contributed by atoms with Crippen LogP contribution >= 0.6 is 0 Å². The predicted octanol–water partition coefficient (Wildman–Crippen LogP) is 4.99. The molecule has 0 aliphatic rings. The van der Waals surface area contributed by atoms with Gasteiger partial charge in [0.05, 0.1) is 8.85 Å². The maximum absolute atomic E-state index is 9.78. The average molecular weight is 286 g/mol. The molecule has 0 rings (SSSR count). The molecule has 0 aliphatic carbocycles. The van der Waals surface area contributed by atoms with Crippen molar-refractivity contribution in [1.82, 2.24) is 0 Å². The molecule has 2 heteroatoms. The fourth-order valence-corrected chi connectivity index (χ4v) is 2.30. The molecule has 0 saturated heterocycles. The van der Waals surface area contributed by atoms with Crippen molar-refractivity contribution in [3.8, 4) is 0 Å². The minimum atomic E-state index is -2.00. The second kappa shape index (κ2) is 16.7. The summed E-state index contributed by atoms with van der Waals surface area (Å²) in [6, 6.07) is 0. The van der Waals surface area contributed by atoms with E-state index in [0.29, 0.717) is 0 Å². The molecule has 0 aromatic carbocycles. The van der Waals surface area contributed by atoms with Crippen molar-refractivity contribution >= 4 is 0 Å². The number of hydrogen-bond acceptors (Lipinski definition) is 2. The summed E-state index contributed by atoms with van der Waals surface area (Å²) < 4.78 is 14.0. The number of aliphatic hydroxyl groups excluding tert-OH is 1. The summed E-state index contributed by atoms with van der Waals surface area (Å²) in [7, 11) is 0. The summed E-state index contributed by atoms with van der Waals surface area (Å²) in [5, 5.41) is 18.7. The third-order valence-corrected chi connectivity index (χ3v) is 3.62. The van der Waals surface area contributed by atoms with Gasteiger partial charge in [0.2, 0.25) is 0 Å². The second-order valence-electron chi connectivity index (χ2n) is 5.66. The van der Waals surface area contributed by atoms with Crippen LogP contribution in [-0.4, -0.2) is 22.9 Å². The lowest BCUT2D eigenvalue weighted by Gasteiger charge is -2.04. The molecule has 0 bridgehead atoms. The van der Waals surface area contributed by atoms with Crippen LogP contribution in [0.25, 0.3) is 0 Å². The zero-order valence-corrected chi connectivity index (χ0v) is 13.3. The molecule has 2 N–H and O–H groups in total. The molecule has 0 amide bonds. The van der Waals surface area contributed by atoms with Crippen molar-refractivity contribution in [3.05, 3.63) is 12.2 Å². The Hall–Kier alpha value is -0.340. The Labute approximate surface area is 129 Å². The van der Waals surface area contributed by atoms with E-state index < -0.39 is 6.56 Å². The van der Waals surface area contributed by atoms with Gasteiger partial charge in [0.25, 0.3) is 0 Å². The van der Waals surface area contributed by atoms with E-state index >= 15 is 0 Å². The highest BCUT2D eigenvalue weighted by atomic mass is 16.3. The van der Waals surface area contributed by atoms with E-state index in [1.54, 1.807) is 0 Å². The number of rotatable bonds is 15. The lowest BCUT2D eigenvalue weighted by Crippen LogP contribution is -2.01. The molecule has 0 aromatic heterocycles. The minimum absolute atomic E-state index is 0.242. The van der Waals surface area contributed by atoms with Crippen molar-refractivity contribution in [3.63, 3.8) is 0 Å². The Kier molecular flexibility index (Phi) is 13.4. The Morgan fingerprint density at radius 1 is 0.900 bits per heavy atom. The average Bonchev–Trinajstić information content (AvgIpc) is 2.44. The molecule has 0 heterocycles. The van der Waals surface area contributed by atoms with Gasteiger partial charge in [-0.2, -0.15) is 0 Å². The van der Waals surface area contributed by atoms with E-state index in [2.05, 4.69) is 13.0 Å². The molecular weight excluding hydrogens is 248 g/mol. The lowest BCUT2D eigenvalue weighted by molar-refractivity contribution is 0.207. The van der Waals surface area contributed by atoms with Crippen LogP contribution in [-0.2, 0) is 0 Å². The Bertz CT molecular complexity index is 262. The Balaban J connectivity index is 3.29. The van der Waals surface area contributed by atoms with Gasteiger partial charge in [-0.3, -0.25) is 0 Å². The van der Waals surface area contributed by atoms with Gasteiger partial charge in [-0.25, -0.2) is 0 Å². The standard InChI is InChI=1S/C18H36O2/c1-2-3-4-12-15-18(20)16-13-10-8-6-5-7-9-11-14-17-19/h13,16,18-20H,2-12,14-15,17H2,1H3/b16-13+/i17D2. The van der Waals surface area contributed by atoms with E-state index in [-0.39, 0.29) is 12.5 Å². The molecule has 20 heavy (non-hydrogen) atoms. The van der Waals surface area contributed by atoms with Crippen LogP contribution in [0.2, 0.25) is 0 Å². The van der Waals surface area contributed by atoms with E-state index in [0.717, 1.165) is 44.9 Å². The van der Waals surface area contributed by atoms with E-state index in [1.165, 1.54) is 32.1 Å². The number of unbranched alkanes of at least 4 members (excludes halogenated alkanes) is 9.